The van der Waals surface area contributed by atoms with Crippen molar-refractivity contribution >= 4 is 12.0 Å². The highest BCUT2D eigenvalue weighted by Crippen LogP contribution is 2.33. The van der Waals surface area contributed by atoms with Gasteiger partial charge in [-0.05, 0) is 24.7 Å². The van der Waals surface area contributed by atoms with E-state index >= 15 is 0 Å². The lowest BCUT2D eigenvalue weighted by atomic mass is 10.1. The molecule has 104 valence electrons. The number of rotatable bonds is 7. The highest BCUT2D eigenvalue weighted by molar-refractivity contribution is 5.82. The summed E-state index contributed by atoms with van der Waals surface area (Å²) < 4.78 is 0. The predicted octanol–water partition coefficient (Wildman–Crippen LogP) is 1.97. The lowest BCUT2D eigenvalue weighted by Gasteiger charge is -2.21. The zero-order valence-corrected chi connectivity index (χ0v) is 11.4. The van der Waals surface area contributed by atoms with Crippen LogP contribution in [-0.4, -0.2) is 29.2 Å². The van der Waals surface area contributed by atoms with Crippen LogP contribution in [0.4, 0.5) is 4.79 Å². The Hall–Kier alpha value is -1.26. The van der Waals surface area contributed by atoms with Crippen LogP contribution >= 0.6 is 0 Å². The van der Waals surface area contributed by atoms with Crippen molar-refractivity contribution in [2.75, 3.05) is 0 Å². The Morgan fingerprint density at radius 3 is 2.28 bits per heavy atom. The Balaban J connectivity index is 2.39. The van der Waals surface area contributed by atoms with Crippen molar-refractivity contribution in [2.24, 2.45) is 11.8 Å². The van der Waals surface area contributed by atoms with Crippen LogP contribution in [0.1, 0.15) is 46.5 Å². The number of hydrogen-bond acceptors (Lipinski definition) is 2. The van der Waals surface area contributed by atoms with Gasteiger partial charge in [0.1, 0.15) is 6.04 Å². The van der Waals surface area contributed by atoms with E-state index in [-0.39, 0.29) is 18.0 Å². The van der Waals surface area contributed by atoms with Crippen molar-refractivity contribution in [3.05, 3.63) is 0 Å². The van der Waals surface area contributed by atoms with Crippen molar-refractivity contribution in [3.63, 3.8) is 0 Å². The van der Waals surface area contributed by atoms with Crippen LogP contribution in [0.25, 0.3) is 0 Å². The smallest absolute Gasteiger partial charge is 0.326 e. The highest BCUT2D eigenvalue weighted by Gasteiger charge is 2.27. The molecule has 0 aromatic carbocycles. The summed E-state index contributed by atoms with van der Waals surface area (Å²) in [5.74, 6) is -0.372. The van der Waals surface area contributed by atoms with E-state index in [1.165, 1.54) is 12.8 Å². The summed E-state index contributed by atoms with van der Waals surface area (Å²) in [5, 5.41) is 14.4. The summed E-state index contributed by atoms with van der Waals surface area (Å²) in [5.41, 5.74) is 0. The van der Waals surface area contributed by atoms with Gasteiger partial charge in [-0.1, -0.05) is 33.6 Å². The molecular formula is C13H24N2O3. The first-order valence-corrected chi connectivity index (χ1v) is 6.73. The summed E-state index contributed by atoms with van der Waals surface area (Å²) in [6.07, 6.45) is 4.39. The summed E-state index contributed by atoms with van der Waals surface area (Å²) >= 11 is 0. The van der Waals surface area contributed by atoms with Crippen LogP contribution in [-0.2, 0) is 4.79 Å². The number of carbonyl (C=O) groups is 2. The highest BCUT2D eigenvalue weighted by atomic mass is 16.4. The molecule has 5 nitrogen and oxygen atoms in total. The zero-order valence-electron chi connectivity index (χ0n) is 11.4. The van der Waals surface area contributed by atoms with Gasteiger partial charge in [0.2, 0.25) is 0 Å². The molecule has 0 aromatic heterocycles. The number of amides is 2. The van der Waals surface area contributed by atoms with Crippen LogP contribution in [0.15, 0.2) is 0 Å². The number of nitrogens with one attached hydrogen (secondary N) is 2. The first kappa shape index (κ1) is 14.8. The summed E-state index contributed by atoms with van der Waals surface area (Å²) in [6.45, 7) is 5.59. The molecule has 2 atom stereocenters. The number of urea groups is 1. The van der Waals surface area contributed by atoms with Crippen LogP contribution in [0.2, 0.25) is 0 Å². The van der Waals surface area contributed by atoms with Crippen molar-refractivity contribution in [3.8, 4) is 0 Å². The molecule has 0 radical (unpaired) electrons. The molecule has 18 heavy (non-hydrogen) atoms. The van der Waals surface area contributed by atoms with Crippen LogP contribution in [0, 0.1) is 11.8 Å². The van der Waals surface area contributed by atoms with Crippen LogP contribution < -0.4 is 10.6 Å². The molecule has 2 amide bonds. The van der Waals surface area contributed by atoms with Gasteiger partial charge < -0.3 is 15.7 Å². The Morgan fingerprint density at radius 2 is 1.89 bits per heavy atom. The van der Waals surface area contributed by atoms with E-state index in [1.54, 1.807) is 13.8 Å². The SMILES string of the molecule is CCC(CC1CC1)NC(=O)N[C@@H](C(=O)O)C(C)C. The quantitative estimate of drug-likeness (QED) is 0.651. The van der Waals surface area contributed by atoms with Crippen molar-refractivity contribution in [2.45, 2.75) is 58.5 Å². The molecule has 0 saturated heterocycles. The molecule has 1 rings (SSSR count). The Bertz CT molecular complexity index is 301. The average Bonchev–Trinajstić information content (AvgIpc) is 3.08. The fraction of sp³-hybridized carbons (Fsp3) is 0.846. The van der Waals surface area contributed by atoms with E-state index in [0.29, 0.717) is 0 Å². The van der Waals surface area contributed by atoms with E-state index < -0.39 is 12.0 Å². The van der Waals surface area contributed by atoms with Gasteiger partial charge in [-0.2, -0.15) is 0 Å². The molecule has 1 aliphatic rings. The van der Waals surface area contributed by atoms with Gasteiger partial charge >= 0.3 is 12.0 Å². The lowest BCUT2D eigenvalue weighted by Crippen LogP contribution is -2.51. The molecule has 0 aliphatic heterocycles. The molecule has 0 spiro atoms. The molecule has 3 N–H and O–H groups in total. The number of carboxylic acids is 1. The van der Waals surface area contributed by atoms with Crippen molar-refractivity contribution < 1.29 is 14.7 Å². The maximum atomic E-state index is 11.7. The number of aliphatic carboxylic acids is 1. The maximum Gasteiger partial charge on any atom is 0.326 e. The van der Waals surface area contributed by atoms with E-state index in [9.17, 15) is 9.59 Å². The predicted molar refractivity (Wildman–Crippen MR) is 69.3 cm³/mol. The second-order valence-electron chi connectivity index (χ2n) is 5.46. The molecule has 0 aromatic rings. The Morgan fingerprint density at radius 1 is 1.28 bits per heavy atom. The fourth-order valence-electron chi connectivity index (χ4n) is 1.97. The van der Waals surface area contributed by atoms with Gasteiger partial charge in [0.25, 0.3) is 0 Å². The summed E-state index contributed by atoms with van der Waals surface area (Å²) in [6, 6.07) is -1.05. The first-order valence-electron chi connectivity index (χ1n) is 6.73. The van der Waals surface area contributed by atoms with E-state index in [2.05, 4.69) is 10.6 Å². The molecule has 0 bridgehead atoms. The number of carbonyl (C=O) groups excluding carboxylic acids is 1. The van der Waals surface area contributed by atoms with Gasteiger partial charge in [0, 0.05) is 6.04 Å². The molecule has 1 fully saturated rings. The van der Waals surface area contributed by atoms with E-state index in [0.717, 1.165) is 18.8 Å². The first-order chi connectivity index (χ1) is 8.43. The van der Waals surface area contributed by atoms with Gasteiger partial charge in [0.15, 0.2) is 0 Å². The number of carboxylic acid groups (broad SMARTS) is 1. The molecule has 0 heterocycles. The summed E-state index contributed by atoms with van der Waals surface area (Å²) in [7, 11) is 0. The van der Waals surface area contributed by atoms with Crippen LogP contribution in [0.5, 0.6) is 0 Å². The van der Waals surface area contributed by atoms with Gasteiger partial charge in [0.05, 0.1) is 0 Å². The maximum absolute atomic E-state index is 11.7. The van der Waals surface area contributed by atoms with Gasteiger partial charge in [-0.25, -0.2) is 9.59 Å². The molecule has 5 heteroatoms. The molecule has 1 aliphatic carbocycles. The number of hydrogen-bond donors (Lipinski definition) is 3. The monoisotopic (exact) mass is 256 g/mol. The largest absolute Gasteiger partial charge is 0.480 e. The Labute approximate surface area is 108 Å². The van der Waals surface area contributed by atoms with Crippen molar-refractivity contribution in [1.29, 1.82) is 0 Å². The average molecular weight is 256 g/mol. The minimum absolute atomic E-state index is 0.128. The lowest BCUT2D eigenvalue weighted by molar-refractivity contribution is -0.140. The van der Waals surface area contributed by atoms with E-state index in [1.807, 2.05) is 6.92 Å². The fourth-order valence-corrected chi connectivity index (χ4v) is 1.97. The van der Waals surface area contributed by atoms with E-state index in [4.69, 9.17) is 5.11 Å². The minimum atomic E-state index is -0.990. The minimum Gasteiger partial charge on any atom is -0.480 e. The van der Waals surface area contributed by atoms with Gasteiger partial charge in [-0.3, -0.25) is 0 Å². The van der Waals surface area contributed by atoms with Crippen molar-refractivity contribution in [1.82, 2.24) is 10.6 Å². The Kier molecular flexibility index (Phi) is 5.44. The molecule has 1 unspecified atom stereocenters. The normalized spacial score (nSPS) is 18.2. The standard InChI is InChI=1S/C13H24N2O3/c1-4-10(7-9-5-6-9)14-13(18)15-11(8(2)3)12(16)17/h8-11H,4-7H2,1-3H3,(H,16,17)(H2,14,15,18)/t10?,11-/m1/s1. The topological polar surface area (TPSA) is 78.4 Å². The zero-order chi connectivity index (χ0) is 13.7. The third kappa shape index (κ3) is 4.94. The van der Waals surface area contributed by atoms with Gasteiger partial charge in [-0.15, -0.1) is 0 Å². The van der Waals surface area contributed by atoms with Crippen LogP contribution in [0.3, 0.4) is 0 Å². The molecular weight excluding hydrogens is 232 g/mol. The third-order valence-corrected chi connectivity index (χ3v) is 3.36. The second-order valence-corrected chi connectivity index (χ2v) is 5.46. The third-order valence-electron chi connectivity index (χ3n) is 3.36. The molecule has 1 saturated carbocycles. The summed E-state index contributed by atoms with van der Waals surface area (Å²) in [4.78, 5) is 22.7. The second kappa shape index (κ2) is 6.61.